The van der Waals surface area contributed by atoms with Crippen molar-refractivity contribution in [2.24, 2.45) is 0 Å². The third-order valence-electron chi connectivity index (χ3n) is 5.47. The van der Waals surface area contributed by atoms with Gasteiger partial charge in [0, 0.05) is 29.3 Å². The fourth-order valence-electron chi connectivity index (χ4n) is 4.09. The number of allylic oxidation sites excluding steroid dienone is 1. The lowest BCUT2D eigenvalue weighted by molar-refractivity contribution is -0.384. The topological polar surface area (TPSA) is 107 Å². The number of benzene rings is 2. The van der Waals surface area contributed by atoms with Crippen LogP contribution in [0, 0.1) is 24.0 Å². The number of nitro groups is 1. The molecule has 0 radical (unpaired) electrons. The van der Waals surface area contributed by atoms with Gasteiger partial charge in [0.15, 0.2) is 0 Å². The largest absolute Gasteiger partial charge is 0.294 e. The smallest absolute Gasteiger partial charge is 0.258 e. The lowest BCUT2D eigenvalue weighted by Crippen LogP contribution is -2.32. The summed E-state index contributed by atoms with van der Waals surface area (Å²) in [5.74, 6) is -0.0417. The monoisotopic (exact) mass is 438 g/mol. The molecule has 1 aliphatic rings. The Morgan fingerprint density at radius 1 is 1.06 bits per heavy atom. The molecular formula is C22H22N4O4S. The van der Waals surface area contributed by atoms with E-state index in [1.54, 1.807) is 53.2 Å². The summed E-state index contributed by atoms with van der Waals surface area (Å²) in [6, 6.07) is 14.4. The molecule has 0 unspecified atom stereocenters. The van der Waals surface area contributed by atoms with Gasteiger partial charge in [-0.05, 0) is 38.5 Å². The van der Waals surface area contributed by atoms with E-state index in [1.165, 1.54) is 6.07 Å². The maximum atomic E-state index is 12.6. The highest BCUT2D eigenvalue weighted by molar-refractivity contribution is 7.89. The number of aryl methyl sites for hydroxylation is 1. The number of nitro benzene ring substituents is 1. The van der Waals surface area contributed by atoms with Crippen molar-refractivity contribution < 1.29 is 13.3 Å². The van der Waals surface area contributed by atoms with E-state index in [4.69, 9.17) is 0 Å². The molecule has 1 N–H and O–H groups in total. The van der Waals surface area contributed by atoms with Crippen LogP contribution in [0.2, 0.25) is 0 Å². The van der Waals surface area contributed by atoms with Crippen LogP contribution in [0.3, 0.4) is 0 Å². The molecule has 0 fully saturated rings. The van der Waals surface area contributed by atoms with Crippen molar-refractivity contribution in [2.45, 2.75) is 37.1 Å². The molecule has 4 rings (SSSR count). The molecule has 2 aromatic carbocycles. The highest BCUT2D eigenvalue weighted by Gasteiger charge is 2.29. The first-order valence-corrected chi connectivity index (χ1v) is 11.3. The number of nitrogens with zero attached hydrogens (tertiary/aromatic N) is 3. The molecule has 31 heavy (non-hydrogen) atoms. The van der Waals surface area contributed by atoms with Crippen molar-refractivity contribution >= 4 is 15.7 Å². The van der Waals surface area contributed by atoms with E-state index in [-0.39, 0.29) is 22.5 Å². The van der Waals surface area contributed by atoms with E-state index in [0.717, 1.165) is 17.0 Å². The molecule has 0 spiro atoms. The van der Waals surface area contributed by atoms with E-state index < -0.39 is 14.9 Å². The van der Waals surface area contributed by atoms with Gasteiger partial charge in [0.1, 0.15) is 5.69 Å². The van der Waals surface area contributed by atoms with E-state index in [0.29, 0.717) is 12.1 Å². The molecule has 9 heteroatoms. The lowest BCUT2D eigenvalue weighted by atomic mass is 9.96. The van der Waals surface area contributed by atoms with Gasteiger partial charge >= 0.3 is 0 Å². The molecule has 1 heterocycles. The van der Waals surface area contributed by atoms with Crippen molar-refractivity contribution in [3.8, 4) is 5.69 Å². The third kappa shape index (κ3) is 4.01. The van der Waals surface area contributed by atoms with Crippen molar-refractivity contribution in [2.75, 3.05) is 0 Å². The first-order valence-electron chi connectivity index (χ1n) is 9.83. The minimum atomic E-state index is -3.62. The van der Waals surface area contributed by atoms with Crippen LogP contribution in [0.5, 0.6) is 0 Å². The first-order chi connectivity index (χ1) is 14.8. The second kappa shape index (κ2) is 8.09. The third-order valence-corrected chi connectivity index (χ3v) is 6.97. The summed E-state index contributed by atoms with van der Waals surface area (Å²) in [7, 11) is -3.62. The fourth-order valence-corrected chi connectivity index (χ4v) is 5.32. The van der Waals surface area contributed by atoms with E-state index >= 15 is 0 Å². The molecule has 0 amide bonds. The van der Waals surface area contributed by atoms with Gasteiger partial charge in [0.25, 0.3) is 5.69 Å². The summed E-state index contributed by atoms with van der Waals surface area (Å²) >= 11 is 0. The molecule has 1 aliphatic carbocycles. The minimum Gasteiger partial charge on any atom is -0.258 e. The van der Waals surface area contributed by atoms with Crippen LogP contribution in [0.4, 0.5) is 5.69 Å². The van der Waals surface area contributed by atoms with Crippen molar-refractivity contribution in [3.63, 3.8) is 0 Å². The van der Waals surface area contributed by atoms with Crippen LogP contribution >= 0.6 is 0 Å². The zero-order valence-electron chi connectivity index (χ0n) is 17.1. The van der Waals surface area contributed by atoms with Crippen molar-refractivity contribution in [3.05, 3.63) is 93.8 Å². The van der Waals surface area contributed by atoms with E-state index in [1.807, 2.05) is 26.0 Å². The second-order valence-electron chi connectivity index (χ2n) is 7.51. The van der Waals surface area contributed by atoms with Crippen LogP contribution < -0.4 is 4.72 Å². The molecule has 0 bridgehead atoms. The number of sulfonamides is 1. The van der Waals surface area contributed by atoms with Crippen LogP contribution in [-0.4, -0.2) is 29.2 Å². The van der Waals surface area contributed by atoms with Gasteiger partial charge in [-0.1, -0.05) is 42.5 Å². The lowest BCUT2D eigenvalue weighted by Gasteiger charge is -2.15. The van der Waals surface area contributed by atoms with Gasteiger partial charge in [-0.3, -0.25) is 10.1 Å². The molecule has 0 aliphatic heterocycles. The van der Waals surface area contributed by atoms with Gasteiger partial charge in [-0.15, -0.1) is 0 Å². The quantitative estimate of drug-likeness (QED) is 0.358. The molecule has 3 aromatic rings. The standard InChI is InChI=1S/C22H22N4O4S/c1-15-22(16(2)25(23-15)20-10-6-7-11-21(20)26(27)28)17-12-13-18(14-17)24-31(29,30)19-8-4-3-5-9-19/h3-13,17-18,24H,14H2,1-2H3/t17-,18-/m1/s1. The Balaban J connectivity index is 1.59. The molecule has 8 nitrogen and oxygen atoms in total. The number of rotatable bonds is 6. The Kier molecular flexibility index (Phi) is 5.47. The van der Waals surface area contributed by atoms with Gasteiger partial charge in [0.2, 0.25) is 10.0 Å². The second-order valence-corrected chi connectivity index (χ2v) is 9.22. The fraction of sp³-hybridized carbons (Fsp3) is 0.227. The molecule has 160 valence electrons. The maximum absolute atomic E-state index is 12.6. The van der Waals surface area contributed by atoms with Crippen molar-refractivity contribution in [1.82, 2.24) is 14.5 Å². The Bertz CT molecular complexity index is 1270. The van der Waals surface area contributed by atoms with Gasteiger partial charge in [-0.2, -0.15) is 5.10 Å². The van der Waals surface area contributed by atoms with E-state index in [9.17, 15) is 18.5 Å². The number of hydrogen-bond acceptors (Lipinski definition) is 5. The Hall–Kier alpha value is -3.30. The van der Waals surface area contributed by atoms with Crippen LogP contribution in [0.25, 0.3) is 5.69 Å². The zero-order chi connectivity index (χ0) is 22.2. The van der Waals surface area contributed by atoms with Gasteiger partial charge in [-0.25, -0.2) is 17.8 Å². The summed E-state index contributed by atoms with van der Waals surface area (Å²) in [5.41, 5.74) is 2.90. The first kappa shape index (κ1) is 21.0. The normalized spacial score (nSPS) is 18.4. The molecule has 1 aromatic heterocycles. The number of aromatic nitrogens is 2. The average Bonchev–Trinajstić information content (AvgIpc) is 3.31. The SMILES string of the molecule is Cc1nn(-c2ccccc2[N+](=O)[O-])c(C)c1[C@@H]1C=C[C@@H](NS(=O)(=O)c2ccccc2)C1. The zero-order valence-corrected chi connectivity index (χ0v) is 17.9. The number of para-hydroxylation sites is 2. The Morgan fingerprint density at radius 3 is 2.45 bits per heavy atom. The summed E-state index contributed by atoms with van der Waals surface area (Å²) in [6.45, 7) is 3.74. The van der Waals surface area contributed by atoms with Crippen LogP contribution in [0.1, 0.15) is 29.3 Å². The summed E-state index contributed by atoms with van der Waals surface area (Å²) in [4.78, 5) is 11.2. The van der Waals surface area contributed by atoms with Crippen LogP contribution in [-0.2, 0) is 10.0 Å². The molecular weight excluding hydrogens is 416 g/mol. The maximum Gasteiger partial charge on any atom is 0.294 e. The molecule has 0 saturated carbocycles. The predicted octanol–water partition coefficient (Wildman–Crippen LogP) is 3.79. The van der Waals surface area contributed by atoms with Gasteiger partial charge in [0.05, 0.1) is 15.5 Å². The van der Waals surface area contributed by atoms with E-state index in [2.05, 4.69) is 9.82 Å². The predicted molar refractivity (Wildman–Crippen MR) is 117 cm³/mol. The highest BCUT2D eigenvalue weighted by atomic mass is 32.2. The average molecular weight is 439 g/mol. The Labute approximate surface area is 180 Å². The molecule has 2 atom stereocenters. The number of nitrogens with one attached hydrogen (secondary N) is 1. The van der Waals surface area contributed by atoms with Crippen molar-refractivity contribution in [1.29, 1.82) is 0 Å². The molecule has 0 saturated heterocycles. The summed E-state index contributed by atoms with van der Waals surface area (Å²) in [5, 5.41) is 16.0. The minimum absolute atomic E-state index is 0.0184. The highest BCUT2D eigenvalue weighted by Crippen LogP contribution is 2.35. The Morgan fingerprint density at radius 2 is 1.74 bits per heavy atom. The summed E-state index contributed by atoms with van der Waals surface area (Å²) in [6.07, 6.45) is 4.38. The number of hydrogen-bond donors (Lipinski definition) is 1. The summed E-state index contributed by atoms with van der Waals surface area (Å²) < 4.78 is 29.6. The van der Waals surface area contributed by atoms with Gasteiger partial charge < -0.3 is 0 Å². The van der Waals surface area contributed by atoms with Crippen LogP contribution in [0.15, 0.2) is 71.6 Å².